The van der Waals surface area contributed by atoms with E-state index in [1.165, 1.54) is 0 Å². The van der Waals surface area contributed by atoms with Crippen LogP contribution in [0.3, 0.4) is 0 Å². The summed E-state index contributed by atoms with van der Waals surface area (Å²) in [4.78, 5) is 19.2. The molecule has 0 fully saturated rings. The predicted molar refractivity (Wildman–Crippen MR) is 66.0 cm³/mol. The molecule has 0 bridgehead atoms. The molecule has 6 heteroatoms. The van der Waals surface area contributed by atoms with Gasteiger partial charge >= 0.3 is 0 Å². The van der Waals surface area contributed by atoms with E-state index in [1.54, 1.807) is 32.3 Å². The van der Waals surface area contributed by atoms with Crippen LogP contribution in [0.1, 0.15) is 40.5 Å². The van der Waals surface area contributed by atoms with Gasteiger partial charge in [-0.05, 0) is 26.8 Å². The maximum absolute atomic E-state index is 12.1. The number of H-pyrrole nitrogens is 1. The average molecular weight is 245 g/mol. The average Bonchev–Trinajstić information content (AvgIpc) is 2.85. The standard InChI is InChI=1S/C12H15N5O/c1-7-6-10(8(2)17-16-7)12(18)15-9(3)11-13-4-5-14-11/h4-6,9H,1-3H3,(H,13,14)(H,15,18). The zero-order valence-electron chi connectivity index (χ0n) is 10.6. The van der Waals surface area contributed by atoms with Gasteiger partial charge in [0.15, 0.2) is 0 Å². The Hall–Kier alpha value is -2.24. The van der Waals surface area contributed by atoms with Crippen molar-refractivity contribution in [3.05, 3.63) is 41.2 Å². The predicted octanol–water partition coefficient (Wildman–Crippen LogP) is 1.31. The number of nitrogens with one attached hydrogen (secondary N) is 2. The fourth-order valence-corrected chi connectivity index (χ4v) is 1.64. The number of hydrogen-bond donors (Lipinski definition) is 2. The van der Waals surface area contributed by atoms with Gasteiger partial charge in [0.1, 0.15) is 5.82 Å². The zero-order chi connectivity index (χ0) is 13.1. The van der Waals surface area contributed by atoms with E-state index in [2.05, 4.69) is 25.5 Å². The molecule has 0 spiro atoms. The Bertz CT molecular complexity index is 550. The number of imidazole rings is 1. The molecule has 94 valence electrons. The lowest BCUT2D eigenvalue weighted by atomic mass is 10.1. The number of amides is 1. The maximum atomic E-state index is 12.1. The molecule has 1 amide bonds. The minimum Gasteiger partial charge on any atom is -0.347 e. The summed E-state index contributed by atoms with van der Waals surface area (Å²) in [7, 11) is 0. The summed E-state index contributed by atoms with van der Waals surface area (Å²) in [5, 5.41) is 10.7. The minimum atomic E-state index is -0.180. The van der Waals surface area contributed by atoms with Crippen LogP contribution in [0, 0.1) is 13.8 Å². The lowest BCUT2D eigenvalue weighted by Gasteiger charge is -2.12. The highest BCUT2D eigenvalue weighted by atomic mass is 16.1. The molecule has 0 aromatic carbocycles. The van der Waals surface area contributed by atoms with Crippen molar-refractivity contribution in [2.75, 3.05) is 0 Å². The zero-order valence-corrected chi connectivity index (χ0v) is 10.6. The number of carbonyl (C=O) groups excluding carboxylic acids is 1. The Balaban J connectivity index is 2.15. The molecule has 2 aromatic rings. The summed E-state index contributed by atoms with van der Waals surface area (Å²) < 4.78 is 0. The van der Waals surface area contributed by atoms with Crippen LogP contribution in [-0.4, -0.2) is 26.1 Å². The molecule has 2 N–H and O–H groups in total. The lowest BCUT2D eigenvalue weighted by molar-refractivity contribution is 0.0937. The van der Waals surface area contributed by atoms with Gasteiger partial charge in [0, 0.05) is 12.4 Å². The number of carbonyl (C=O) groups is 1. The number of aromatic nitrogens is 4. The number of hydrogen-bond acceptors (Lipinski definition) is 4. The molecule has 0 aliphatic carbocycles. The highest BCUT2D eigenvalue weighted by Crippen LogP contribution is 2.10. The summed E-state index contributed by atoms with van der Waals surface area (Å²) in [6.45, 7) is 5.44. The molecule has 6 nitrogen and oxygen atoms in total. The molecule has 1 unspecified atom stereocenters. The van der Waals surface area contributed by atoms with Gasteiger partial charge in [0.05, 0.1) is 23.0 Å². The van der Waals surface area contributed by atoms with Crippen molar-refractivity contribution < 1.29 is 4.79 Å². The van der Waals surface area contributed by atoms with Crippen molar-refractivity contribution in [2.45, 2.75) is 26.8 Å². The molecule has 1 atom stereocenters. The van der Waals surface area contributed by atoms with Crippen LogP contribution in [0.15, 0.2) is 18.5 Å². The third-order valence-corrected chi connectivity index (χ3v) is 2.62. The van der Waals surface area contributed by atoms with Crippen LogP contribution in [0.25, 0.3) is 0 Å². The monoisotopic (exact) mass is 245 g/mol. The van der Waals surface area contributed by atoms with Crippen molar-refractivity contribution in [1.82, 2.24) is 25.5 Å². The quantitative estimate of drug-likeness (QED) is 0.854. The third-order valence-electron chi connectivity index (χ3n) is 2.62. The smallest absolute Gasteiger partial charge is 0.253 e. The normalized spacial score (nSPS) is 12.2. The topological polar surface area (TPSA) is 83.6 Å². The fourth-order valence-electron chi connectivity index (χ4n) is 1.64. The van der Waals surface area contributed by atoms with Crippen LogP contribution in [0.5, 0.6) is 0 Å². The Morgan fingerprint density at radius 3 is 2.83 bits per heavy atom. The van der Waals surface area contributed by atoms with Crippen molar-refractivity contribution in [2.24, 2.45) is 0 Å². The molecule has 0 saturated heterocycles. The van der Waals surface area contributed by atoms with E-state index in [1.807, 2.05) is 6.92 Å². The van der Waals surface area contributed by atoms with Gasteiger partial charge < -0.3 is 10.3 Å². The Kier molecular flexibility index (Phi) is 3.36. The minimum absolute atomic E-state index is 0.172. The van der Waals surface area contributed by atoms with Gasteiger partial charge in [-0.3, -0.25) is 4.79 Å². The number of rotatable bonds is 3. The van der Waals surface area contributed by atoms with E-state index >= 15 is 0 Å². The summed E-state index contributed by atoms with van der Waals surface area (Å²) in [6.07, 6.45) is 3.38. The Morgan fingerprint density at radius 1 is 1.39 bits per heavy atom. The largest absolute Gasteiger partial charge is 0.347 e. The first kappa shape index (κ1) is 12.2. The van der Waals surface area contributed by atoms with Crippen LogP contribution < -0.4 is 5.32 Å². The van der Waals surface area contributed by atoms with Crippen LogP contribution in [0.4, 0.5) is 0 Å². The van der Waals surface area contributed by atoms with Gasteiger partial charge in [0.2, 0.25) is 0 Å². The molecule has 0 aliphatic rings. The summed E-state index contributed by atoms with van der Waals surface area (Å²) >= 11 is 0. The second-order valence-electron chi connectivity index (χ2n) is 4.15. The Labute approximate surface area is 105 Å². The van der Waals surface area contributed by atoms with E-state index in [9.17, 15) is 4.79 Å². The second-order valence-corrected chi connectivity index (χ2v) is 4.15. The number of aryl methyl sites for hydroxylation is 2. The molecule has 2 aromatic heterocycles. The second kappa shape index (κ2) is 4.95. The molecule has 2 rings (SSSR count). The van der Waals surface area contributed by atoms with Crippen LogP contribution >= 0.6 is 0 Å². The van der Waals surface area contributed by atoms with Crippen molar-refractivity contribution in [3.63, 3.8) is 0 Å². The molecule has 0 saturated carbocycles. The third kappa shape index (κ3) is 2.53. The maximum Gasteiger partial charge on any atom is 0.253 e. The molecule has 0 radical (unpaired) electrons. The fraction of sp³-hybridized carbons (Fsp3) is 0.333. The van der Waals surface area contributed by atoms with Gasteiger partial charge in [-0.25, -0.2) is 4.98 Å². The van der Waals surface area contributed by atoms with Crippen LogP contribution in [0.2, 0.25) is 0 Å². The number of aromatic amines is 1. The summed E-state index contributed by atoms with van der Waals surface area (Å²) in [6, 6.07) is 1.55. The van der Waals surface area contributed by atoms with E-state index in [0.29, 0.717) is 11.3 Å². The molecular formula is C12H15N5O. The van der Waals surface area contributed by atoms with Gasteiger partial charge in [-0.1, -0.05) is 0 Å². The molecule has 0 aliphatic heterocycles. The SMILES string of the molecule is Cc1cc(C(=O)NC(C)c2ncc[nH]2)c(C)nn1. The van der Waals surface area contributed by atoms with Gasteiger partial charge in [-0.15, -0.1) is 0 Å². The van der Waals surface area contributed by atoms with E-state index in [4.69, 9.17) is 0 Å². The highest BCUT2D eigenvalue weighted by molar-refractivity contribution is 5.95. The summed E-state index contributed by atoms with van der Waals surface area (Å²) in [5.74, 6) is 0.550. The Morgan fingerprint density at radius 2 is 2.17 bits per heavy atom. The highest BCUT2D eigenvalue weighted by Gasteiger charge is 2.15. The van der Waals surface area contributed by atoms with Gasteiger partial charge in [0.25, 0.3) is 5.91 Å². The molecule has 2 heterocycles. The first-order chi connectivity index (χ1) is 8.58. The summed E-state index contributed by atoms with van der Waals surface area (Å²) in [5.41, 5.74) is 1.88. The molecule has 18 heavy (non-hydrogen) atoms. The molecular weight excluding hydrogens is 230 g/mol. The van der Waals surface area contributed by atoms with Crippen molar-refractivity contribution in [3.8, 4) is 0 Å². The first-order valence-electron chi connectivity index (χ1n) is 5.69. The van der Waals surface area contributed by atoms with E-state index in [-0.39, 0.29) is 11.9 Å². The lowest BCUT2D eigenvalue weighted by Crippen LogP contribution is -2.28. The van der Waals surface area contributed by atoms with Crippen LogP contribution in [-0.2, 0) is 0 Å². The van der Waals surface area contributed by atoms with E-state index in [0.717, 1.165) is 11.5 Å². The van der Waals surface area contributed by atoms with Crippen molar-refractivity contribution in [1.29, 1.82) is 0 Å². The van der Waals surface area contributed by atoms with E-state index < -0.39 is 0 Å². The van der Waals surface area contributed by atoms with Gasteiger partial charge in [-0.2, -0.15) is 10.2 Å². The first-order valence-corrected chi connectivity index (χ1v) is 5.69. The number of nitrogens with zero attached hydrogens (tertiary/aromatic N) is 3. The van der Waals surface area contributed by atoms with Crippen molar-refractivity contribution >= 4 is 5.91 Å².